The van der Waals surface area contributed by atoms with Crippen LogP contribution < -0.4 is 5.32 Å². The van der Waals surface area contributed by atoms with Gasteiger partial charge in [-0.05, 0) is 55.6 Å². The number of hydrogen-bond donors (Lipinski definition) is 1. The van der Waals surface area contributed by atoms with Crippen molar-refractivity contribution in [1.29, 1.82) is 0 Å². The van der Waals surface area contributed by atoms with Crippen LogP contribution in [0.25, 0.3) is 0 Å². The second kappa shape index (κ2) is 8.41. The molecule has 1 fully saturated rings. The molecule has 16 heavy (non-hydrogen) atoms. The molecule has 1 nitrogen and oxygen atoms in total. The van der Waals surface area contributed by atoms with Gasteiger partial charge in [0.1, 0.15) is 0 Å². The highest BCUT2D eigenvalue weighted by atomic mass is 32.2. The maximum atomic E-state index is 3.65. The fourth-order valence-corrected chi connectivity index (χ4v) is 3.50. The summed E-state index contributed by atoms with van der Waals surface area (Å²) in [6.07, 6.45) is 10.0. The van der Waals surface area contributed by atoms with Crippen LogP contribution in [0, 0.1) is 5.41 Å². The molecule has 0 radical (unpaired) electrons. The maximum Gasteiger partial charge on any atom is 0.000781 e. The molecule has 1 N–H and O–H groups in total. The average molecular weight is 243 g/mol. The van der Waals surface area contributed by atoms with Crippen molar-refractivity contribution in [2.24, 2.45) is 5.41 Å². The summed E-state index contributed by atoms with van der Waals surface area (Å²) in [5.41, 5.74) is 0.670. The summed E-state index contributed by atoms with van der Waals surface area (Å²) in [6.45, 7) is 6.99. The van der Waals surface area contributed by atoms with Gasteiger partial charge < -0.3 is 5.32 Å². The Balaban J connectivity index is 2.22. The van der Waals surface area contributed by atoms with Crippen molar-refractivity contribution in [2.45, 2.75) is 58.8 Å². The van der Waals surface area contributed by atoms with Gasteiger partial charge in [-0.2, -0.15) is 11.8 Å². The molecule has 0 amide bonds. The number of thioether (sulfide) groups is 1. The Kier molecular flexibility index (Phi) is 7.55. The Hall–Kier alpha value is 0.310. The molecule has 0 aromatic rings. The zero-order valence-electron chi connectivity index (χ0n) is 11.2. The molecule has 0 bridgehead atoms. The minimum Gasteiger partial charge on any atom is -0.316 e. The molecule has 0 spiro atoms. The van der Waals surface area contributed by atoms with Crippen LogP contribution in [0.5, 0.6) is 0 Å². The van der Waals surface area contributed by atoms with E-state index < -0.39 is 0 Å². The monoisotopic (exact) mass is 243 g/mol. The van der Waals surface area contributed by atoms with Crippen molar-refractivity contribution in [3.8, 4) is 0 Å². The first kappa shape index (κ1) is 14.4. The Morgan fingerprint density at radius 3 is 2.56 bits per heavy atom. The van der Waals surface area contributed by atoms with Crippen LogP contribution in [0.4, 0.5) is 0 Å². The summed E-state index contributed by atoms with van der Waals surface area (Å²) >= 11 is 2.10. The lowest BCUT2D eigenvalue weighted by Gasteiger charge is -2.29. The molecule has 1 aliphatic carbocycles. The Morgan fingerprint density at radius 2 is 1.94 bits per heavy atom. The van der Waals surface area contributed by atoms with Crippen LogP contribution in [-0.4, -0.2) is 24.6 Å². The molecule has 2 heteroatoms. The first-order valence-corrected chi connectivity index (χ1v) is 8.27. The van der Waals surface area contributed by atoms with E-state index in [9.17, 15) is 0 Å². The minimum absolute atomic E-state index is 0.670. The molecule has 0 heterocycles. The van der Waals surface area contributed by atoms with Crippen LogP contribution in [0.15, 0.2) is 0 Å². The predicted molar refractivity (Wildman–Crippen MR) is 76.3 cm³/mol. The Bertz CT molecular complexity index is 164. The third-order valence-electron chi connectivity index (χ3n) is 3.79. The number of rotatable bonds is 9. The quantitative estimate of drug-likeness (QED) is 0.612. The summed E-state index contributed by atoms with van der Waals surface area (Å²) < 4.78 is 0. The van der Waals surface area contributed by atoms with E-state index in [0.29, 0.717) is 5.41 Å². The standard InChI is InChI=1S/C14H29NS/c1-3-11-15-13-14(8-5-6-9-14)10-7-12-16-4-2/h15H,3-13H2,1-2H3. The van der Waals surface area contributed by atoms with Gasteiger partial charge in [0, 0.05) is 6.54 Å². The average Bonchev–Trinajstić information content (AvgIpc) is 2.74. The molecular weight excluding hydrogens is 214 g/mol. The highest BCUT2D eigenvalue weighted by Crippen LogP contribution is 2.41. The number of hydrogen-bond acceptors (Lipinski definition) is 2. The van der Waals surface area contributed by atoms with Gasteiger partial charge in [0.25, 0.3) is 0 Å². The molecule has 0 atom stereocenters. The van der Waals surface area contributed by atoms with Gasteiger partial charge in [-0.25, -0.2) is 0 Å². The van der Waals surface area contributed by atoms with Crippen molar-refractivity contribution < 1.29 is 0 Å². The first-order valence-electron chi connectivity index (χ1n) is 7.11. The second-order valence-corrected chi connectivity index (χ2v) is 6.58. The number of nitrogens with one attached hydrogen (secondary N) is 1. The van der Waals surface area contributed by atoms with Crippen LogP contribution in [0.1, 0.15) is 58.8 Å². The Morgan fingerprint density at radius 1 is 1.19 bits per heavy atom. The van der Waals surface area contributed by atoms with Gasteiger partial charge in [0.05, 0.1) is 0 Å². The smallest absolute Gasteiger partial charge is 0.000781 e. The SMILES string of the molecule is CCCNCC1(CCCSCC)CCCC1. The van der Waals surface area contributed by atoms with E-state index in [2.05, 4.69) is 30.9 Å². The van der Waals surface area contributed by atoms with E-state index in [4.69, 9.17) is 0 Å². The molecule has 0 saturated heterocycles. The van der Waals surface area contributed by atoms with Gasteiger partial charge >= 0.3 is 0 Å². The minimum atomic E-state index is 0.670. The molecule has 0 aromatic carbocycles. The molecule has 1 rings (SSSR count). The summed E-state index contributed by atoms with van der Waals surface area (Å²) in [5, 5.41) is 3.65. The van der Waals surface area contributed by atoms with Gasteiger partial charge in [-0.1, -0.05) is 26.7 Å². The van der Waals surface area contributed by atoms with Crippen molar-refractivity contribution >= 4 is 11.8 Å². The fraction of sp³-hybridized carbons (Fsp3) is 1.00. The molecule has 1 aliphatic rings. The van der Waals surface area contributed by atoms with E-state index >= 15 is 0 Å². The van der Waals surface area contributed by atoms with Gasteiger partial charge in [-0.3, -0.25) is 0 Å². The van der Waals surface area contributed by atoms with E-state index in [1.165, 1.54) is 69.5 Å². The summed E-state index contributed by atoms with van der Waals surface area (Å²) in [7, 11) is 0. The lowest BCUT2D eigenvalue weighted by molar-refractivity contribution is 0.256. The third kappa shape index (κ3) is 5.09. The zero-order chi connectivity index (χ0) is 11.7. The predicted octanol–water partition coefficient (Wildman–Crippen LogP) is 4.08. The van der Waals surface area contributed by atoms with Crippen molar-refractivity contribution in [3.05, 3.63) is 0 Å². The highest BCUT2D eigenvalue weighted by Gasteiger charge is 2.32. The molecule has 0 aliphatic heterocycles. The van der Waals surface area contributed by atoms with Crippen LogP contribution in [0.3, 0.4) is 0 Å². The fourth-order valence-electron chi connectivity index (χ4n) is 2.86. The van der Waals surface area contributed by atoms with E-state index in [1.54, 1.807) is 0 Å². The van der Waals surface area contributed by atoms with Gasteiger partial charge in [-0.15, -0.1) is 0 Å². The van der Waals surface area contributed by atoms with Crippen LogP contribution in [-0.2, 0) is 0 Å². The largest absolute Gasteiger partial charge is 0.316 e. The molecule has 0 unspecified atom stereocenters. The maximum absolute atomic E-state index is 3.65. The summed E-state index contributed by atoms with van der Waals surface area (Å²) in [5.74, 6) is 2.65. The Labute approximate surface area is 106 Å². The van der Waals surface area contributed by atoms with Crippen molar-refractivity contribution in [1.82, 2.24) is 5.32 Å². The van der Waals surface area contributed by atoms with E-state index in [1.807, 2.05) is 0 Å². The van der Waals surface area contributed by atoms with Crippen LogP contribution >= 0.6 is 11.8 Å². The molecular formula is C14H29NS. The lowest BCUT2D eigenvalue weighted by Crippen LogP contribution is -2.32. The van der Waals surface area contributed by atoms with Crippen molar-refractivity contribution in [3.63, 3.8) is 0 Å². The van der Waals surface area contributed by atoms with Crippen molar-refractivity contribution in [2.75, 3.05) is 24.6 Å². The van der Waals surface area contributed by atoms with Crippen LogP contribution in [0.2, 0.25) is 0 Å². The van der Waals surface area contributed by atoms with E-state index in [-0.39, 0.29) is 0 Å². The normalized spacial score (nSPS) is 19.1. The molecule has 1 saturated carbocycles. The second-order valence-electron chi connectivity index (χ2n) is 5.18. The summed E-state index contributed by atoms with van der Waals surface area (Å²) in [4.78, 5) is 0. The summed E-state index contributed by atoms with van der Waals surface area (Å²) in [6, 6.07) is 0. The zero-order valence-corrected chi connectivity index (χ0v) is 12.0. The third-order valence-corrected chi connectivity index (χ3v) is 4.78. The van der Waals surface area contributed by atoms with E-state index in [0.717, 1.165) is 0 Å². The topological polar surface area (TPSA) is 12.0 Å². The highest BCUT2D eigenvalue weighted by molar-refractivity contribution is 7.99. The van der Waals surface area contributed by atoms with Gasteiger partial charge in [0.2, 0.25) is 0 Å². The molecule has 96 valence electrons. The van der Waals surface area contributed by atoms with Gasteiger partial charge in [0.15, 0.2) is 0 Å². The molecule has 0 aromatic heterocycles. The first-order chi connectivity index (χ1) is 7.83. The lowest BCUT2D eigenvalue weighted by atomic mass is 9.81.